The first-order valence-electron chi connectivity index (χ1n) is 5.28. The van der Waals surface area contributed by atoms with Gasteiger partial charge in [-0.3, -0.25) is 0 Å². The minimum absolute atomic E-state index is 1.27. The first-order valence-corrected chi connectivity index (χ1v) is 7.77. The molecule has 14 heavy (non-hydrogen) atoms. The third kappa shape index (κ3) is 2.96. The number of aryl methyl sites for hydroxylation is 2. The van der Waals surface area contributed by atoms with Crippen LogP contribution in [-0.2, 0) is 12.8 Å². The lowest BCUT2D eigenvalue weighted by Gasteiger charge is -2.11. The van der Waals surface area contributed by atoms with Gasteiger partial charge in [-0.05, 0) is 36.8 Å². The monoisotopic (exact) mass is 224 g/mol. The zero-order chi connectivity index (χ0) is 9.64. The Hall–Kier alpha value is -0.0800. The molecule has 0 spiro atoms. The Morgan fingerprint density at radius 3 is 1.79 bits per heavy atom. The van der Waals surface area contributed by atoms with Gasteiger partial charge in [-0.2, -0.15) is 0 Å². The van der Waals surface area contributed by atoms with E-state index in [1.165, 1.54) is 37.2 Å². The van der Waals surface area contributed by atoms with Crippen molar-refractivity contribution in [3.8, 4) is 0 Å². The molecule has 1 aliphatic heterocycles. The van der Waals surface area contributed by atoms with Crippen LogP contribution in [0.1, 0.15) is 24.0 Å². The molecule has 2 heteroatoms. The van der Waals surface area contributed by atoms with Gasteiger partial charge in [0.2, 0.25) is 0 Å². The summed E-state index contributed by atoms with van der Waals surface area (Å²) in [5, 5.41) is 0. The molecule has 0 saturated heterocycles. The van der Waals surface area contributed by atoms with Crippen LogP contribution < -0.4 is 0 Å². The largest absolute Gasteiger partial charge is 0.0941 e. The molecule has 0 unspecified atom stereocenters. The molecular weight excluding hydrogens is 208 g/mol. The number of rotatable bonds is 0. The van der Waals surface area contributed by atoms with Crippen LogP contribution in [0, 0.1) is 0 Å². The topological polar surface area (TPSA) is 0 Å². The third-order valence-electron chi connectivity index (χ3n) is 2.55. The van der Waals surface area contributed by atoms with E-state index in [9.17, 15) is 0 Å². The molecule has 1 aromatic carbocycles. The van der Waals surface area contributed by atoms with Crippen LogP contribution >= 0.6 is 21.6 Å². The first-order chi connectivity index (χ1) is 6.97. The van der Waals surface area contributed by atoms with Crippen molar-refractivity contribution in [2.24, 2.45) is 0 Å². The van der Waals surface area contributed by atoms with Crippen molar-refractivity contribution in [1.82, 2.24) is 0 Å². The first kappa shape index (κ1) is 10.4. The Kier molecular flexibility index (Phi) is 4.26. The summed E-state index contributed by atoms with van der Waals surface area (Å²) in [7, 11) is 4.09. The number of benzene rings is 1. The zero-order valence-electron chi connectivity index (χ0n) is 8.37. The van der Waals surface area contributed by atoms with Gasteiger partial charge in [-0.25, -0.2) is 0 Å². The third-order valence-corrected chi connectivity index (χ3v) is 5.13. The molecule has 2 rings (SSSR count). The molecule has 1 aliphatic rings. The molecule has 1 heterocycles. The molecule has 0 aliphatic carbocycles. The van der Waals surface area contributed by atoms with Gasteiger partial charge >= 0.3 is 0 Å². The Morgan fingerprint density at radius 2 is 1.29 bits per heavy atom. The molecule has 0 bridgehead atoms. The van der Waals surface area contributed by atoms with E-state index in [1.807, 2.05) is 21.6 Å². The molecule has 76 valence electrons. The number of hydrogen-bond acceptors (Lipinski definition) is 2. The molecule has 0 radical (unpaired) electrons. The molecule has 0 amide bonds. The van der Waals surface area contributed by atoms with Crippen molar-refractivity contribution in [3.63, 3.8) is 0 Å². The highest BCUT2D eigenvalue weighted by molar-refractivity contribution is 8.76. The van der Waals surface area contributed by atoms with Gasteiger partial charge in [0.1, 0.15) is 0 Å². The minimum atomic E-state index is 1.27. The van der Waals surface area contributed by atoms with Crippen LogP contribution in [0.2, 0.25) is 0 Å². The fraction of sp³-hybridized carbons (Fsp3) is 0.500. The van der Waals surface area contributed by atoms with E-state index >= 15 is 0 Å². The number of hydrogen-bond donors (Lipinski definition) is 0. The van der Waals surface area contributed by atoms with E-state index in [2.05, 4.69) is 24.3 Å². The molecular formula is C12H16S2. The van der Waals surface area contributed by atoms with Crippen molar-refractivity contribution < 1.29 is 0 Å². The van der Waals surface area contributed by atoms with Gasteiger partial charge in [0.15, 0.2) is 0 Å². The van der Waals surface area contributed by atoms with Gasteiger partial charge in [-0.15, -0.1) is 0 Å². The summed E-state index contributed by atoms with van der Waals surface area (Å²) in [5.41, 5.74) is 3.17. The molecule has 0 saturated carbocycles. The van der Waals surface area contributed by atoms with Crippen LogP contribution in [0.4, 0.5) is 0 Å². The molecule has 0 fully saturated rings. The summed E-state index contributed by atoms with van der Waals surface area (Å²) in [6.07, 6.45) is 5.19. The SMILES string of the molecule is c1ccc2c(c1)CCCSSCCC2. The van der Waals surface area contributed by atoms with Crippen LogP contribution in [-0.4, -0.2) is 11.5 Å². The van der Waals surface area contributed by atoms with E-state index in [-0.39, 0.29) is 0 Å². The van der Waals surface area contributed by atoms with Gasteiger partial charge < -0.3 is 0 Å². The highest BCUT2D eigenvalue weighted by Gasteiger charge is 2.04. The van der Waals surface area contributed by atoms with Crippen molar-refractivity contribution in [2.45, 2.75) is 25.7 Å². The van der Waals surface area contributed by atoms with Gasteiger partial charge in [0.05, 0.1) is 0 Å². The van der Waals surface area contributed by atoms with Crippen LogP contribution in [0.3, 0.4) is 0 Å². The molecule has 1 aromatic rings. The van der Waals surface area contributed by atoms with E-state index in [0.717, 1.165) is 0 Å². The fourth-order valence-corrected chi connectivity index (χ4v) is 3.98. The van der Waals surface area contributed by atoms with Gasteiger partial charge in [0.25, 0.3) is 0 Å². The zero-order valence-corrected chi connectivity index (χ0v) is 10.0. The Morgan fingerprint density at radius 1 is 0.786 bits per heavy atom. The predicted octanol–water partition coefficient (Wildman–Crippen LogP) is 3.95. The lowest BCUT2D eigenvalue weighted by Crippen LogP contribution is -1.97. The van der Waals surface area contributed by atoms with Gasteiger partial charge in [0, 0.05) is 11.5 Å². The maximum atomic E-state index is 2.30. The number of fused-ring (bicyclic) bond motifs is 1. The smallest absolute Gasteiger partial charge is 0.00401 e. The standard InChI is InChI=1S/C12H16S2/c1-2-6-12-8-4-10-14-13-9-3-7-11(12)5-1/h1-2,5-6H,3-4,7-10H2. The van der Waals surface area contributed by atoms with Crippen molar-refractivity contribution >= 4 is 21.6 Å². The molecule has 0 aromatic heterocycles. The Balaban J connectivity index is 2.10. The highest BCUT2D eigenvalue weighted by atomic mass is 33.1. The quantitative estimate of drug-likeness (QED) is 0.612. The summed E-state index contributed by atoms with van der Waals surface area (Å²) >= 11 is 0. The second-order valence-electron chi connectivity index (χ2n) is 3.62. The normalized spacial score (nSPS) is 18.6. The molecule has 0 nitrogen and oxygen atoms in total. The van der Waals surface area contributed by atoms with Crippen LogP contribution in [0.5, 0.6) is 0 Å². The highest BCUT2D eigenvalue weighted by Crippen LogP contribution is 2.26. The summed E-state index contributed by atoms with van der Waals surface area (Å²) in [5.74, 6) is 2.61. The fourth-order valence-electron chi connectivity index (χ4n) is 1.81. The Bertz CT molecular complexity index is 254. The van der Waals surface area contributed by atoms with Gasteiger partial charge in [-0.1, -0.05) is 45.9 Å². The van der Waals surface area contributed by atoms with E-state index in [4.69, 9.17) is 0 Å². The lowest BCUT2D eigenvalue weighted by molar-refractivity contribution is 0.870. The second kappa shape index (κ2) is 5.72. The molecule has 0 N–H and O–H groups in total. The summed E-state index contributed by atoms with van der Waals surface area (Å²) in [6.45, 7) is 0. The Labute approximate surface area is 94.3 Å². The average molecular weight is 224 g/mol. The van der Waals surface area contributed by atoms with Crippen molar-refractivity contribution in [3.05, 3.63) is 35.4 Å². The second-order valence-corrected chi connectivity index (χ2v) is 6.32. The maximum absolute atomic E-state index is 2.30. The predicted molar refractivity (Wildman–Crippen MR) is 68.0 cm³/mol. The van der Waals surface area contributed by atoms with Crippen molar-refractivity contribution in [1.29, 1.82) is 0 Å². The minimum Gasteiger partial charge on any atom is -0.0941 e. The van der Waals surface area contributed by atoms with E-state index in [0.29, 0.717) is 0 Å². The average Bonchev–Trinajstić information content (AvgIpc) is 2.25. The summed E-state index contributed by atoms with van der Waals surface area (Å²) in [6, 6.07) is 8.95. The van der Waals surface area contributed by atoms with Crippen LogP contribution in [0.25, 0.3) is 0 Å². The lowest BCUT2D eigenvalue weighted by atomic mass is 10.00. The van der Waals surface area contributed by atoms with E-state index < -0.39 is 0 Å². The molecule has 0 atom stereocenters. The van der Waals surface area contributed by atoms with E-state index in [1.54, 1.807) is 11.1 Å². The summed E-state index contributed by atoms with van der Waals surface area (Å²) in [4.78, 5) is 0. The summed E-state index contributed by atoms with van der Waals surface area (Å²) < 4.78 is 0. The van der Waals surface area contributed by atoms with Crippen LogP contribution in [0.15, 0.2) is 24.3 Å². The van der Waals surface area contributed by atoms with Crippen molar-refractivity contribution in [2.75, 3.05) is 11.5 Å². The maximum Gasteiger partial charge on any atom is 0.00401 e.